The molecule has 1 aromatic heterocycles. The topological polar surface area (TPSA) is 41.6 Å². The molecule has 14 heavy (non-hydrogen) atoms. The number of nitrogens with zero attached hydrogens (tertiary/aromatic N) is 3. The highest BCUT2D eigenvalue weighted by Crippen LogP contribution is 2.09. The first-order chi connectivity index (χ1) is 6.79. The van der Waals surface area contributed by atoms with E-state index in [9.17, 15) is 0 Å². The molecule has 0 aliphatic rings. The van der Waals surface area contributed by atoms with Crippen LogP contribution >= 0.6 is 0 Å². The van der Waals surface area contributed by atoms with E-state index in [0.717, 1.165) is 5.69 Å². The lowest BCUT2D eigenvalue weighted by Crippen LogP contribution is -1.93. The Morgan fingerprint density at radius 3 is 2.93 bits per heavy atom. The van der Waals surface area contributed by atoms with Gasteiger partial charge in [-0.15, -0.1) is 0 Å². The zero-order chi connectivity index (χ0) is 9.97. The maximum Gasteiger partial charge on any atom is 0.102 e. The molecule has 0 saturated carbocycles. The summed E-state index contributed by atoms with van der Waals surface area (Å²) in [4.78, 5) is 0. The van der Waals surface area contributed by atoms with Crippen LogP contribution in [0.15, 0.2) is 36.7 Å². The minimum absolute atomic E-state index is 0.575. The fraction of sp³-hybridized carbons (Fsp3) is 0.0909. The normalized spacial score (nSPS) is 9.71. The molecule has 0 amide bonds. The van der Waals surface area contributed by atoms with Crippen molar-refractivity contribution in [3.8, 4) is 11.8 Å². The number of aromatic nitrogens is 2. The summed E-state index contributed by atoms with van der Waals surface area (Å²) in [5.74, 6) is 0. The van der Waals surface area contributed by atoms with Gasteiger partial charge < -0.3 is 0 Å². The highest BCUT2D eigenvalue weighted by molar-refractivity contribution is 5.36. The van der Waals surface area contributed by atoms with Crippen molar-refractivity contribution in [1.82, 2.24) is 9.78 Å². The van der Waals surface area contributed by atoms with Crippen molar-refractivity contribution >= 4 is 0 Å². The van der Waals surface area contributed by atoms with Crippen molar-refractivity contribution in [2.75, 3.05) is 0 Å². The second kappa shape index (κ2) is 3.35. The van der Waals surface area contributed by atoms with E-state index in [1.807, 2.05) is 37.3 Å². The molecule has 0 radical (unpaired) electrons. The van der Waals surface area contributed by atoms with Crippen LogP contribution in [0.25, 0.3) is 5.69 Å². The molecular formula is C11H9N3. The number of nitriles is 1. The summed E-state index contributed by atoms with van der Waals surface area (Å²) in [6, 6.07) is 10.0. The molecule has 0 bridgehead atoms. The molecule has 0 fully saturated rings. The van der Waals surface area contributed by atoms with E-state index in [2.05, 4.69) is 5.10 Å². The van der Waals surface area contributed by atoms with Crippen molar-refractivity contribution in [3.05, 3.63) is 47.8 Å². The van der Waals surface area contributed by atoms with Gasteiger partial charge in [0.25, 0.3) is 0 Å². The Morgan fingerprint density at radius 2 is 2.29 bits per heavy atom. The lowest BCUT2D eigenvalue weighted by molar-refractivity contribution is 0.879. The third-order valence-electron chi connectivity index (χ3n) is 1.98. The molecule has 0 unspecified atom stereocenters. The Bertz CT molecular complexity index is 491. The molecule has 2 rings (SSSR count). The summed E-state index contributed by atoms with van der Waals surface area (Å²) in [6.45, 7) is 2.03. The first kappa shape index (κ1) is 8.52. The predicted molar refractivity (Wildman–Crippen MR) is 53.0 cm³/mol. The number of hydrogen-bond acceptors (Lipinski definition) is 2. The first-order valence-electron chi connectivity index (χ1n) is 4.31. The highest BCUT2D eigenvalue weighted by Gasteiger charge is 1.99. The van der Waals surface area contributed by atoms with Gasteiger partial charge in [0, 0.05) is 6.20 Å². The average molecular weight is 183 g/mol. The van der Waals surface area contributed by atoms with Gasteiger partial charge in [-0.3, -0.25) is 0 Å². The molecule has 0 aliphatic heterocycles. The molecule has 0 saturated heterocycles. The minimum Gasteiger partial charge on any atom is -0.240 e. The van der Waals surface area contributed by atoms with Gasteiger partial charge >= 0.3 is 0 Å². The van der Waals surface area contributed by atoms with Gasteiger partial charge in [0.2, 0.25) is 0 Å². The van der Waals surface area contributed by atoms with Gasteiger partial charge in [-0.25, -0.2) is 4.68 Å². The number of hydrogen-bond donors (Lipinski definition) is 0. The van der Waals surface area contributed by atoms with Gasteiger partial charge in [-0.05, 0) is 24.6 Å². The Labute approximate surface area is 82.2 Å². The van der Waals surface area contributed by atoms with Gasteiger partial charge in [-0.1, -0.05) is 12.1 Å². The van der Waals surface area contributed by atoms with Crippen LogP contribution in [0, 0.1) is 18.3 Å². The van der Waals surface area contributed by atoms with Crippen molar-refractivity contribution in [2.45, 2.75) is 6.92 Å². The maximum atomic E-state index is 8.65. The molecule has 2 aromatic rings. The van der Waals surface area contributed by atoms with E-state index in [-0.39, 0.29) is 0 Å². The molecule has 0 atom stereocenters. The Hall–Kier alpha value is -2.08. The Kier molecular flexibility index (Phi) is 2.04. The Balaban J connectivity index is 2.45. The average Bonchev–Trinajstić information content (AvgIpc) is 2.66. The second-order valence-corrected chi connectivity index (χ2v) is 3.12. The lowest BCUT2D eigenvalue weighted by Gasteiger charge is -2.00. The second-order valence-electron chi connectivity index (χ2n) is 3.12. The summed E-state index contributed by atoms with van der Waals surface area (Å²) >= 11 is 0. The lowest BCUT2D eigenvalue weighted by atomic mass is 10.2. The molecule has 1 aromatic carbocycles. The van der Waals surface area contributed by atoms with Crippen molar-refractivity contribution in [2.24, 2.45) is 0 Å². The van der Waals surface area contributed by atoms with Crippen molar-refractivity contribution in [3.63, 3.8) is 0 Å². The van der Waals surface area contributed by atoms with E-state index in [4.69, 9.17) is 5.26 Å². The van der Waals surface area contributed by atoms with E-state index >= 15 is 0 Å². The summed E-state index contributed by atoms with van der Waals surface area (Å²) in [5.41, 5.74) is 2.73. The third-order valence-corrected chi connectivity index (χ3v) is 1.98. The third kappa shape index (κ3) is 1.50. The van der Waals surface area contributed by atoms with Gasteiger partial charge in [0.1, 0.15) is 6.07 Å². The van der Waals surface area contributed by atoms with Crippen LogP contribution in [-0.2, 0) is 0 Å². The Morgan fingerprint density at radius 1 is 1.43 bits per heavy atom. The SMILES string of the molecule is Cc1cccc(-n2cc(C#N)cn2)c1. The predicted octanol–water partition coefficient (Wildman–Crippen LogP) is 2.05. The van der Waals surface area contributed by atoms with Crippen LogP contribution in [0.5, 0.6) is 0 Å². The largest absolute Gasteiger partial charge is 0.240 e. The zero-order valence-corrected chi connectivity index (χ0v) is 7.81. The molecule has 68 valence electrons. The standard InChI is InChI=1S/C11H9N3/c1-9-3-2-4-11(5-9)14-8-10(6-12)7-13-14/h2-5,7-8H,1H3. The van der Waals surface area contributed by atoms with Crippen LogP contribution in [0.4, 0.5) is 0 Å². The van der Waals surface area contributed by atoms with Gasteiger partial charge in [0.15, 0.2) is 0 Å². The van der Waals surface area contributed by atoms with E-state index in [1.165, 1.54) is 5.56 Å². The van der Waals surface area contributed by atoms with Crippen LogP contribution < -0.4 is 0 Å². The smallest absolute Gasteiger partial charge is 0.102 e. The maximum absolute atomic E-state index is 8.65. The molecule has 0 aliphatic carbocycles. The van der Waals surface area contributed by atoms with Crippen LogP contribution in [0.2, 0.25) is 0 Å². The summed E-state index contributed by atoms with van der Waals surface area (Å²) in [6.07, 6.45) is 3.27. The number of rotatable bonds is 1. The molecule has 0 N–H and O–H groups in total. The van der Waals surface area contributed by atoms with Crippen LogP contribution in [0.3, 0.4) is 0 Å². The fourth-order valence-corrected chi connectivity index (χ4v) is 1.29. The molecule has 3 nitrogen and oxygen atoms in total. The first-order valence-corrected chi connectivity index (χ1v) is 4.31. The summed E-state index contributed by atoms with van der Waals surface area (Å²) in [7, 11) is 0. The van der Waals surface area contributed by atoms with Crippen LogP contribution in [-0.4, -0.2) is 9.78 Å². The van der Waals surface area contributed by atoms with Crippen molar-refractivity contribution < 1.29 is 0 Å². The van der Waals surface area contributed by atoms with Crippen LogP contribution in [0.1, 0.15) is 11.1 Å². The minimum atomic E-state index is 0.575. The van der Waals surface area contributed by atoms with E-state index < -0.39 is 0 Å². The zero-order valence-electron chi connectivity index (χ0n) is 7.81. The molecule has 1 heterocycles. The summed E-state index contributed by atoms with van der Waals surface area (Å²) in [5, 5.41) is 12.7. The molecule has 3 heteroatoms. The van der Waals surface area contributed by atoms with Gasteiger partial charge in [-0.2, -0.15) is 10.4 Å². The number of aryl methyl sites for hydroxylation is 1. The number of benzene rings is 1. The molecular weight excluding hydrogens is 174 g/mol. The monoisotopic (exact) mass is 183 g/mol. The fourth-order valence-electron chi connectivity index (χ4n) is 1.29. The van der Waals surface area contributed by atoms with E-state index in [0.29, 0.717) is 5.56 Å². The van der Waals surface area contributed by atoms with Crippen molar-refractivity contribution in [1.29, 1.82) is 5.26 Å². The van der Waals surface area contributed by atoms with E-state index in [1.54, 1.807) is 17.1 Å². The highest BCUT2D eigenvalue weighted by atomic mass is 15.3. The van der Waals surface area contributed by atoms with Gasteiger partial charge in [0.05, 0.1) is 17.4 Å². The quantitative estimate of drug-likeness (QED) is 0.679. The summed E-state index contributed by atoms with van der Waals surface area (Å²) < 4.78 is 1.70. The molecule has 0 spiro atoms.